The van der Waals surface area contributed by atoms with Gasteiger partial charge >= 0.3 is 0 Å². The Labute approximate surface area is 103 Å². The van der Waals surface area contributed by atoms with Crippen molar-refractivity contribution in [2.24, 2.45) is 11.3 Å². The maximum Gasteiger partial charge on any atom is 0.228 e. The number of amides is 1. The van der Waals surface area contributed by atoms with E-state index in [2.05, 4.69) is 6.92 Å². The van der Waals surface area contributed by atoms with Crippen LogP contribution in [0, 0.1) is 11.3 Å². The second-order valence-corrected chi connectivity index (χ2v) is 5.80. The Hall–Kier alpha value is -0.610. The van der Waals surface area contributed by atoms with Crippen molar-refractivity contribution in [3.8, 4) is 0 Å². The minimum absolute atomic E-state index is 0.0241. The predicted octanol–water partition coefficient (Wildman–Crippen LogP) is 1.03. The van der Waals surface area contributed by atoms with E-state index in [4.69, 9.17) is 4.74 Å². The van der Waals surface area contributed by atoms with Crippen LogP contribution < -0.4 is 0 Å². The molecule has 0 aromatic heterocycles. The van der Waals surface area contributed by atoms with E-state index >= 15 is 0 Å². The first-order chi connectivity index (χ1) is 8.06. The number of carbonyl (C=O) groups excluding carboxylic acids is 1. The van der Waals surface area contributed by atoms with Crippen LogP contribution in [0.4, 0.5) is 0 Å². The number of aliphatic hydroxyl groups is 1. The fraction of sp³-hybridized carbons (Fsp3) is 0.923. The van der Waals surface area contributed by atoms with Gasteiger partial charge in [0.05, 0.1) is 18.6 Å². The molecule has 0 bridgehead atoms. The van der Waals surface area contributed by atoms with Gasteiger partial charge in [-0.25, -0.2) is 0 Å². The fourth-order valence-corrected chi connectivity index (χ4v) is 2.92. The van der Waals surface area contributed by atoms with Crippen LogP contribution >= 0.6 is 0 Å². The SMILES string of the molecule is CC1OCCC1C(=O)N1CCCC(C)(CO)C1. The average molecular weight is 241 g/mol. The van der Waals surface area contributed by atoms with E-state index < -0.39 is 0 Å². The fourth-order valence-electron chi connectivity index (χ4n) is 2.92. The van der Waals surface area contributed by atoms with Crippen molar-refractivity contribution in [3.63, 3.8) is 0 Å². The molecule has 2 rings (SSSR count). The summed E-state index contributed by atoms with van der Waals surface area (Å²) in [5.41, 5.74) is -0.114. The lowest BCUT2D eigenvalue weighted by Gasteiger charge is -2.40. The molecule has 0 radical (unpaired) electrons. The number of carbonyl (C=O) groups is 1. The number of hydrogen-bond donors (Lipinski definition) is 1. The van der Waals surface area contributed by atoms with Crippen LogP contribution in [0.3, 0.4) is 0 Å². The molecule has 0 aromatic carbocycles. The lowest BCUT2D eigenvalue weighted by molar-refractivity contribution is -0.141. The molecule has 2 aliphatic heterocycles. The predicted molar refractivity (Wildman–Crippen MR) is 64.5 cm³/mol. The number of piperidine rings is 1. The zero-order chi connectivity index (χ0) is 12.5. The largest absolute Gasteiger partial charge is 0.396 e. The van der Waals surface area contributed by atoms with E-state index in [-0.39, 0.29) is 30.0 Å². The summed E-state index contributed by atoms with van der Waals surface area (Å²) in [6.07, 6.45) is 2.88. The standard InChI is InChI=1S/C13H23NO3/c1-10-11(4-7-17-10)12(16)14-6-3-5-13(2,8-14)9-15/h10-11,15H,3-9H2,1-2H3. The Balaban J connectivity index is 1.99. The molecule has 2 heterocycles. The molecule has 2 saturated heterocycles. The van der Waals surface area contributed by atoms with Gasteiger partial charge in [-0.1, -0.05) is 6.92 Å². The summed E-state index contributed by atoms with van der Waals surface area (Å²) in [6, 6.07) is 0. The highest BCUT2D eigenvalue weighted by Crippen LogP contribution is 2.31. The molecule has 4 nitrogen and oxygen atoms in total. The molecule has 0 spiro atoms. The molecular weight excluding hydrogens is 218 g/mol. The van der Waals surface area contributed by atoms with Gasteiger partial charge in [0.2, 0.25) is 5.91 Å². The molecule has 0 aliphatic carbocycles. The first-order valence-electron chi connectivity index (χ1n) is 6.57. The number of rotatable bonds is 2. The molecule has 0 saturated carbocycles. The van der Waals surface area contributed by atoms with Crippen LogP contribution in [0.15, 0.2) is 0 Å². The van der Waals surface area contributed by atoms with Crippen LogP contribution in [-0.4, -0.2) is 48.3 Å². The highest BCUT2D eigenvalue weighted by atomic mass is 16.5. The quantitative estimate of drug-likeness (QED) is 0.785. The smallest absolute Gasteiger partial charge is 0.228 e. The Morgan fingerprint density at radius 1 is 1.59 bits per heavy atom. The third-order valence-electron chi connectivity index (χ3n) is 4.17. The van der Waals surface area contributed by atoms with Crippen LogP contribution in [-0.2, 0) is 9.53 Å². The van der Waals surface area contributed by atoms with Gasteiger partial charge < -0.3 is 14.7 Å². The maximum atomic E-state index is 12.4. The zero-order valence-corrected chi connectivity index (χ0v) is 10.8. The van der Waals surface area contributed by atoms with Gasteiger partial charge in [0.1, 0.15) is 0 Å². The van der Waals surface area contributed by atoms with E-state index in [0.717, 1.165) is 25.8 Å². The first kappa shape index (κ1) is 12.8. The summed E-state index contributed by atoms with van der Waals surface area (Å²) in [5.74, 6) is 0.241. The molecule has 2 fully saturated rings. The van der Waals surface area contributed by atoms with E-state index in [1.165, 1.54) is 0 Å². The Kier molecular flexibility index (Phi) is 3.73. The van der Waals surface area contributed by atoms with Crippen molar-refractivity contribution < 1.29 is 14.6 Å². The summed E-state index contributed by atoms with van der Waals surface area (Å²) >= 11 is 0. The van der Waals surface area contributed by atoms with Crippen molar-refractivity contribution in [1.82, 2.24) is 4.90 Å². The van der Waals surface area contributed by atoms with Gasteiger partial charge in [0.25, 0.3) is 0 Å². The van der Waals surface area contributed by atoms with E-state index in [1.54, 1.807) is 0 Å². The average Bonchev–Trinajstić information content (AvgIpc) is 2.75. The number of nitrogens with zero attached hydrogens (tertiary/aromatic N) is 1. The molecule has 98 valence electrons. The molecule has 1 N–H and O–H groups in total. The highest BCUT2D eigenvalue weighted by molar-refractivity contribution is 5.79. The van der Waals surface area contributed by atoms with Gasteiger partial charge in [-0.05, 0) is 26.2 Å². The summed E-state index contributed by atoms with van der Waals surface area (Å²) in [7, 11) is 0. The van der Waals surface area contributed by atoms with Crippen molar-refractivity contribution in [1.29, 1.82) is 0 Å². The van der Waals surface area contributed by atoms with Crippen LogP contribution in [0.2, 0.25) is 0 Å². The van der Waals surface area contributed by atoms with Crippen LogP contribution in [0.25, 0.3) is 0 Å². The maximum absolute atomic E-state index is 12.4. The summed E-state index contributed by atoms with van der Waals surface area (Å²) in [4.78, 5) is 14.3. The normalized spacial score (nSPS) is 38.4. The summed E-state index contributed by atoms with van der Waals surface area (Å²) in [6.45, 7) is 6.41. The van der Waals surface area contributed by atoms with Crippen molar-refractivity contribution in [3.05, 3.63) is 0 Å². The van der Waals surface area contributed by atoms with Gasteiger partial charge in [0, 0.05) is 25.1 Å². The van der Waals surface area contributed by atoms with Gasteiger partial charge in [-0.15, -0.1) is 0 Å². The van der Waals surface area contributed by atoms with E-state index in [9.17, 15) is 9.90 Å². The molecule has 0 aromatic rings. The zero-order valence-electron chi connectivity index (χ0n) is 10.8. The van der Waals surface area contributed by atoms with Crippen LogP contribution in [0.5, 0.6) is 0 Å². The molecule has 4 heteroatoms. The molecule has 1 amide bonds. The number of hydrogen-bond acceptors (Lipinski definition) is 3. The monoisotopic (exact) mass is 241 g/mol. The van der Waals surface area contributed by atoms with Gasteiger partial charge in [-0.2, -0.15) is 0 Å². The van der Waals surface area contributed by atoms with Crippen molar-refractivity contribution in [2.75, 3.05) is 26.3 Å². The minimum atomic E-state index is -0.114. The third-order valence-corrected chi connectivity index (χ3v) is 4.17. The lowest BCUT2D eigenvalue weighted by Crippen LogP contribution is -2.49. The Morgan fingerprint density at radius 2 is 2.35 bits per heavy atom. The van der Waals surface area contributed by atoms with Crippen molar-refractivity contribution in [2.45, 2.75) is 39.2 Å². The van der Waals surface area contributed by atoms with Gasteiger partial charge in [-0.3, -0.25) is 4.79 Å². The highest BCUT2D eigenvalue weighted by Gasteiger charge is 2.38. The van der Waals surface area contributed by atoms with Crippen LogP contribution in [0.1, 0.15) is 33.1 Å². The van der Waals surface area contributed by atoms with E-state index in [0.29, 0.717) is 13.2 Å². The molecule has 3 unspecified atom stereocenters. The molecule has 3 atom stereocenters. The lowest BCUT2D eigenvalue weighted by atomic mass is 9.82. The topological polar surface area (TPSA) is 49.8 Å². The third kappa shape index (κ3) is 2.63. The molecule has 17 heavy (non-hydrogen) atoms. The second-order valence-electron chi connectivity index (χ2n) is 5.80. The Bertz CT molecular complexity index is 294. The summed E-state index contributed by atoms with van der Waals surface area (Å²) in [5, 5.41) is 9.40. The molecular formula is C13H23NO3. The number of ether oxygens (including phenoxy) is 1. The van der Waals surface area contributed by atoms with E-state index in [1.807, 2.05) is 11.8 Å². The molecule has 2 aliphatic rings. The minimum Gasteiger partial charge on any atom is -0.396 e. The summed E-state index contributed by atoms with van der Waals surface area (Å²) < 4.78 is 5.46. The Morgan fingerprint density at radius 3 is 2.94 bits per heavy atom. The second kappa shape index (κ2) is 4.94. The van der Waals surface area contributed by atoms with Gasteiger partial charge in [0.15, 0.2) is 0 Å². The number of likely N-dealkylation sites (tertiary alicyclic amines) is 1. The number of aliphatic hydroxyl groups excluding tert-OH is 1. The first-order valence-corrected chi connectivity index (χ1v) is 6.57. The van der Waals surface area contributed by atoms with Crippen molar-refractivity contribution >= 4 is 5.91 Å².